The number of carbonyl (C=O) groups is 1. The number of rotatable bonds is 12. The molecule has 0 fully saturated rings. The fourth-order valence-corrected chi connectivity index (χ4v) is 3.04. The van der Waals surface area contributed by atoms with Gasteiger partial charge in [0.2, 0.25) is 0 Å². The minimum Gasteiger partial charge on any atom is -0.400 e. The van der Waals surface area contributed by atoms with Crippen molar-refractivity contribution in [1.29, 1.82) is 0 Å². The third-order valence-corrected chi connectivity index (χ3v) is 5.65. The van der Waals surface area contributed by atoms with Crippen molar-refractivity contribution in [3.63, 3.8) is 0 Å². The minimum absolute atomic E-state index is 0.574. The molecular weight excluding hydrogens is 380 g/mol. The zero-order valence-corrected chi connectivity index (χ0v) is 22.8. The highest BCUT2D eigenvalue weighted by Crippen LogP contribution is 2.30. The average molecular weight is 437 g/mol. The van der Waals surface area contributed by atoms with Gasteiger partial charge in [0.1, 0.15) is 6.79 Å². The summed E-state index contributed by atoms with van der Waals surface area (Å²) in [7, 11) is 1.00. The Morgan fingerprint density at radius 3 is 1.52 bits per heavy atom. The summed E-state index contributed by atoms with van der Waals surface area (Å²) >= 11 is 0. The van der Waals surface area contributed by atoms with E-state index in [1.165, 1.54) is 48.8 Å². The van der Waals surface area contributed by atoms with Gasteiger partial charge in [-0.1, -0.05) is 91.2 Å². The molecule has 0 bridgehead atoms. The van der Waals surface area contributed by atoms with E-state index < -0.39 is 0 Å². The number of aliphatic hydroxyl groups excluding tert-OH is 1. The molecule has 0 saturated heterocycles. The molecule has 0 aliphatic heterocycles. The topological polar surface area (TPSA) is 37.3 Å². The second kappa shape index (κ2) is 24.9. The number of hydrogen-bond acceptors (Lipinski definition) is 2. The van der Waals surface area contributed by atoms with Crippen LogP contribution in [-0.2, 0) is 4.79 Å². The maximum atomic E-state index is 8.00. The van der Waals surface area contributed by atoms with Crippen LogP contribution in [-0.4, -0.2) is 19.0 Å². The van der Waals surface area contributed by atoms with Crippen LogP contribution in [0.1, 0.15) is 101 Å². The van der Waals surface area contributed by atoms with Crippen LogP contribution in [0.4, 0.5) is 0 Å². The first-order valence-electron chi connectivity index (χ1n) is 11.9. The lowest BCUT2D eigenvalue weighted by Gasteiger charge is -2.24. The van der Waals surface area contributed by atoms with Crippen molar-refractivity contribution in [2.45, 2.75) is 101 Å². The van der Waals surface area contributed by atoms with Gasteiger partial charge in [-0.2, -0.15) is 0 Å². The van der Waals surface area contributed by atoms with E-state index >= 15 is 0 Å². The minimum atomic E-state index is 0.574. The second-order valence-corrected chi connectivity index (χ2v) is 9.13. The van der Waals surface area contributed by atoms with Crippen molar-refractivity contribution < 1.29 is 9.90 Å². The Hall–Kier alpha value is -1.41. The molecule has 0 saturated carbocycles. The van der Waals surface area contributed by atoms with Gasteiger partial charge in [-0.3, -0.25) is 0 Å². The molecule has 0 aromatic carbocycles. The number of aliphatic hydroxyl groups is 1. The number of hydrogen-bond donors (Lipinski definition) is 1. The van der Waals surface area contributed by atoms with Gasteiger partial charge in [0.15, 0.2) is 0 Å². The molecule has 0 heterocycles. The van der Waals surface area contributed by atoms with Crippen molar-refractivity contribution in [1.82, 2.24) is 0 Å². The summed E-state index contributed by atoms with van der Waals surface area (Å²) in [6, 6.07) is 0. The molecule has 0 aliphatic carbocycles. The molecule has 31 heavy (non-hydrogen) atoms. The maximum absolute atomic E-state index is 8.00. The van der Waals surface area contributed by atoms with E-state index in [0.717, 1.165) is 36.9 Å². The molecule has 0 radical (unpaired) electrons. The number of carbonyl (C=O) groups excluding carboxylic acids is 1. The van der Waals surface area contributed by atoms with Gasteiger partial charge >= 0.3 is 0 Å². The molecule has 2 heteroatoms. The Bertz CT molecular complexity index is 483. The summed E-state index contributed by atoms with van der Waals surface area (Å²) < 4.78 is 0. The lowest BCUT2D eigenvalue weighted by atomic mass is 9.82. The summed E-state index contributed by atoms with van der Waals surface area (Å²) in [5.74, 6) is 3.10. The maximum Gasteiger partial charge on any atom is 0.106 e. The van der Waals surface area contributed by atoms with Crippen LogP contribution in [0.15, 0.2) is 48.1 Å². The van der Waals surface area contributed by atoms with Crippen LogP contribution in [0, 0.1) is 23.7 Å². The molecule has 0 amide bonds. The lowest BCUT2D eigenvalue weighted by molar-refractivity contribution is -0.0979. The van der Waals surface area contributed by atoms with Crippen LogP contribution in [0.25, 0.3) is 0 Å². The van der Waals surface area contributed by atoms with Crippen molar-refractivity contribution in [3.05, 3.63) is 48.1 Å². The van der Waals surface area contributed by atoms with E-state index in [0.29, 0.717) is 5.92 Å². The summed E-state index contributed by atoms with van der Waals surface area (Å²) in [6.07, 6.45) is 9.89. The average Bonchev–Trinajstić information content (AvgIpc) is 2.75. The van der Waals surface area contributed by atoms with E-state index in [1.54, 1.807) is 0 Å². The van der Waals surface area contributed by atoms with E-state index in [4.69, 9.17) is 9.90 Å². The normalized spacial score (nSPS) is 14.1. The summed E-state index contributed by atoms with van der Waals surface area (Å²) in [4.78, 5) is 8.00. The van der Waals surface area contributed by atoms with E-state index in [2.05, 4.69) is 74.3 Å². The fourth-order valence-electron chi connectivity index (χ4n) is 3.04. The highest BCUT2D eigenvalue weighted by atomic mass is 16.2. The van der Waals surface area contributed by atoms with Gasteiger partial charge < -0.3 is 9.90 Å². The molecule has 0 aromatic heterocycles. The smallest absolute Gasteiger partial charge is 0.106 e. The van der Waals surface area contributed by atoms with Crippen molar-refractivity contribution in [3.8, 4) is 0 Å². The zero-order valence-electron chi connectivity index (χ0n) is 22.8. The van der Waals surface area contributed by atoms with Crippen LogP contribution < -0.4 is 0 Å². The molecule has 0 aromatic rings. The first-order chi connectivity index (χ1) is 14.5. The van der Waals surface area contributed by atoms with Gasteiger partial charge in [0, 0.05) is 7.11 Å². The predicted octanol–water partition coefficient (Wildman–Crippen LogP) is 8.98. The third kappa shape index (κ3) is 24.7. The van der Waals surface area contributed by atoms with Gasteiger partial charge in [-0.15, -0.1) is 6.58 Å². The molecule has 0 spiro atoms. The largest absolute Gasteiger partial charge is 0.400 e. The first kappa shape index (κ1) is 36.9. The Labute approximate surface area is 196 Å². The van der Waals surface area contributed by atoms with E-state index in [1.807, 2.05) is 20.6 Å². The SMILES string of the molecule is C=C(C)/C=C(/CC)C(=C)C(C)CCC(C)C(C)CCC(C)CC.C=C(C)C.C=O.CO. The fraction of sp³-hybridized carbons (Fsp3) is 0.690. The second-order valence-electron chi connectivity index (χ2n) is 9.13. The monoisotopic (exact) mass is 436 g/mol. The molecule has 2 nitrogen and oxygen atoms in total. The third-order valence-electron chi connectivity index (χ3n) is 5.65. The highest BCUT2D eigenvalue weighted by molar-refractivity contribution is 5.35. The highest BCUT2D eigenvalue weighted by Gasteiger charge is 2.16. The molecule has 184 valence electrons. The van der Waals surface area contributed by atoms with Crippen LogP contribution in [0.5, 0.6) is 0 Å². The van der Waals surface area contributed by atoms with Gasteiger partial charge in [-0.25, -0.2) is 0 Å². The molecule has 0 aliphatic rings. The van der Waals surface area contributed by atoms with Gasteiger partial charge in [-0.05, 0) is 74.9 Å². The van der Waals surface area contributed by atoms with Crippen LogP contribution in [0.2, 0.25) is 0 Å². The first-order valence-corrected chi connectivity index (χ1v) is 11.9. The zero-order chi connectivity index (χ0) is 25.6. The van der Waals surface area contributed by atoms with Crippen LogP contribution in [0.3, 0.4) is 0 Å². The predicted molar refractivity (Wildman–Crippen MR) is 143 cm³/mol. The summed E-state index contributed by atoms with van der Waals surface area (Å²) in [6.45, 7) is 34.0. The van der Waals surface area contributed by atoms with Crippen LogP contribution >= 0.6 is 0 Å². The Kier molecular flexibility index (Phi) is 29.6. The Morgan fingerprint density at radius 2 is 1.19 bits per heavy atom. The Morgan fingerprint density at radius 1 is 0.806 bits per heavy atom. The van der Waals surface area contributed by atoms with Gasteiger partial charge in [0.05, 0.1) is 0 Å². The lowest BCUT2D eigenvalue weighted by Crippen LogP contribution is -2.12. The van der Waals surface area contributed by atoms with Gasteiger partial charge in [0.25, 0.3) is 0 Å². The van der Waals surface area contributed by atoms with E-state index in [9.17, 15) is 0 Å². The molecule has 0 rings (SSSR count). The summed E-state index contributed by atoms with van der Waals surface area (Å²) in [5, 5.41) is 7.00. The quantitative estimate of drug-likeness (QED) is 0.245. The van der Waals surface area contributed by atoms with Crippen molar-refractivity contribution in [2.24, 2.45) is 23.7 Å². The molecular formula is C29H56O2. The number of allylic oxidation sites excluding steroid dienone is 5. The van der Waals surface area contributed by atoms with Crippen molar-refractivity contribution in [2.75, 3.05) is 7.11 Å². The van der Waals surface area contributed by atoms with Crippen molar-refractivity contribution >= 4 is 6.79 Å². The Balaban J connectivity index is -0.000000396. The standard InChI is InChI=1S/C23H42.C4H8.CH4O.CH2O/c1-10-18(5)12-13-19(6)20(7)14-15-21(8)22(9)23(11-2)16-17(3)4;1-4(2)3;2*1-2/h16,18-21H,3,9-15H2,1-2,4-8H3;1H2,2-3H3;2H,1H3;1H2/b23-16-;;;. The summed E-state index contributed by atoms with van der Waals surface area (Å²) in [5.41, 5.74) is 4.99. The molecule has 4 atom stereocenters. The molecule has 4 unspecified atom stereocenters. The van der Waals surface area contributed by atoms with E-state index in [-0.39, 0.29) is 0 Å². The molecule has 1 N–H and O–H groups in total.